The number of fused-ring (bicyclic) bond motifs is 1. The molecule has 0 N–H and O–H groups in total. The lowest BCUT2D eigenvalue weighted by molar-refractivity contribution is 0.577. The average molecular weight is 274 g/mol. The van der Waals surface area contributed by atoms with Crippen molar-refractivity contribution in [2.75, 3.05) is 0 Å². The molecule has 0 bridgehead atoms. The van der Waals surface area contributed by atoms with Gasteiger partial charge in [-0.15, -0.1) is 0 Å². The maximum absolute atomic E-state index is 5.75. The molecule has 0 aliphatic heterocycles. The zero-order chi connectivity index (χ0) is 14.7. The third-order valence-corrected chi connectivity index (χ3v) is 3.52. The van der Waals surface area contributed by atoms with Crippen molar-refractivity contribution in [2.45, 2.75) is 13.8 Å². The van der Waals surface area contributed by atoms with Crippen LogP contribution in [-0.4, -0.2) is 0 Å². The van der Waals surface area contributed by atoms with Crippen LogP contribution >= 0.6 is 0 Å². The fourth-order valence-corrected chi connectivity index (χ4v) is 2.49. The fraction of sp³-hybridized carbons (Fsp3) is 0.100. The van der Waals surface area contributed by atoms with Gasteiger partial charge < -0.3 is 4.42 Å². The van der Waals surface area contributed by atoms with Crippen LogP contribution in [0.25, 0.3) is 23.1 Å². The number of allylic oxidation sites excluding steroid dienone is 2. The Balaban J connectivity index is 1.83. The molecule has 0 fully saturated rings. The number of aryl methyl sites for hydroxylation is 2. The van der Waals surface area contributed by atoms with Gasteiger partial charge in [0.2, 0.25) is 0 Å². The molecule has 1 heterocycles. The number of hydrogen-bond acceptors (Lipinski definition) is 1. The van der Waals surface area contributed by atoms with E-state index >= 15 is 0 Å². The van der Waals surface area contributed by atoms with E-state index in [4.69, 9.17) is 4.42 Å². The Morgan fingerprint density at radius 2 is 1.67 bits per heavy atom. The van der Waals surface area contributed by atoms with Gasteiger partial charge in [-0.05, 0) is 25.5 Å². The van der Waals surface area contributed by atoms with Crippen molar-refractivity contribution in [2.24, 2.45) is 0 Å². The summed E-state index contributed by atoms with van der Waals surface area (Å²) in [5.74, 6) is 0.955. The van der Waals surface area contributed by atoms with E-state index in [9.17, 15) is 0 Å². The minimum atomic E-state index is 0.942. The van der Waals surface area contributed by atoms with Crippen molar-refractivity contribution in [3.05, 3.63) is 83.1 Å². The summed E-state index contributed by atoms with van der Waals surface area (Å²) >= 11 is 0. The molecule has 2 aromatic carbocycles. The minimum absolute atomic E-state index is 0.942. The van der Waals surface area contributed by atoms with E-state index in [1.54, 1.807) is 0 Å². The highest BCUT2D eigenvalue weighted by Crippen LogP contribution is 2.26. The number of rotatable bonds is 3. The highest BCUT2D eigenvalue weighted by atomic mass is 16.3. The van der Waals surface area contributed by atoms with Gasteiger partial charge in [-0.25, -0.2) is 0 Å². The summed E-state index contributed by atoms with van der Waals surface area (Å²) in [7, 11) is 0. The lowest BCUT2D eigenvalue weighted by Gasteiger charge is -1.94. The molecule has 0 radical (unpaired) electrons. The van der Waals surface area contributed by atoms with Crippen LogP contribution in [0, 0.1) is 13.8 Å². The van der Waals surface area contributed by atoms with Crippen LogP contribution in [0.15, 0.2) is 65.1 Å². The fourth-order valence-electron chi connectivity index (χ4n) is 2.49. The van der Waals surface area contributed by atoms with Crippen LogP contribution < -0.4 is 0 Å². The van der Waals surface area contributed by atoms with Crippen LogP contribution in [0.5, 0.6) is 0 Å². The third kappa shape index (κ3) is 2.97. The van der Waals surface area contributed by atoms with Crippen molar-refractivity contribution in [1.82, 2.24) is 0 Å². The first kappa shape index (κ1) is 13.4. The second-order valence-electron chi connectivity index (χ2n) is 5.20. The van der Waals surface area contributed by atoms with Gasteiger partial charge in [-0.2, -0.15) is 0 Å². The SMILES string of the molecule is Cc1cccc(/C=C/C=C\c2c(C)oc3ccccc23)c1. The first-order chi connectivity index (χ1) is 10.2. The first-order valence-electron chi connectivity index (χ1n) is 7.13. The quantitative estimate of drug-likeness (QED) is 0.552. The Morgan fingerprint density at radius 1 is 0.857 bits per heavy atom. The molecule has 0 unspecified atom stereocenters. The number of furan rings is 1. The number of hydrogen-bond donors (Lipinski definition) is 0. The van der Waals surface area contributed by atoms with Gasteiger partial charge in [0, 0.05) is 10.9 Å². The van der Waals surface area contributed by atoms with Gasteiger partial charge in [0.15, 0.2) is 0 Å². The van der Waals surface area contributed by atoms with Gasteiger partial charge in [0.25, 0.3) is 0 Å². The molecule has 1 aromatic heterocycles. The van der Waals surface area contributed by atoms with Crippen molar-refractivity contribution < 1.29 is 4.42 Å². The summed E-state index contributed by atoms with van der Waals surface area (Å²) in [6, 6.07) is 16.6. The van der Waals surface area contributed by atoms with Crippen LogP contribution in [0.4, 0.5) is 0 Å². The topological polar surface area (TPSA) is 13.1 Å². The van der Waals surface area contributed by atoms with Gasteiger partial charge in [-0.1, -0.05) is 72.3 Å². The number of benzene rings is 2. The van der Waals surface area contributed by atoms with Crippen molar-refractivity contribution >= 4 is 23.1 Å². The van der Waals surface area contributed by atoms with E-state index in [-0.39, 0.29) is 0 Å². The van der Waals surface area contributed by atoms with Crippen LogP contribution in [0.3, 0.4) is 0 Å². The summed E-state index contributed by atoms with van der Waals surface area (Å²) in [6.45, 7) is 4.11. The molecule has 0 aliphatic carbocycles. The molecule has 3 rings (SSSR count). The zero-order valence-electron chi connectivity index (χ0n) is 12.3. The molecule has 0 saturated heterocycles. The summed E-state index contributed by atoms with van der Waals surface area (Å²) < 4.78 is 5.75. The molecule has 104 valence electrons. The molecule has 1 heteroatoms. The maximum Gasteiger partial charge on any atom is 0.134 e. The summed E-state index contributed by atoms with van der Waals surface area (Å²) in [5.41, 5.74) is 4.59. The summed E-state index contributed by atoms with van der Waals surface area (Å²) in [4.78, 5) is 0. The van der Waals surface area contributed by atoms with Crippen LogP contribution in [0.2, 0.25) is 0 Å². The molecular formula is C20H18O. The third-order valence-electron chi connectivity index (χ3n) is 3.52. The van der Waals surface area contributed by atoms with E-state index in [2.05, 4.69) is 61.6 Å². The molecule has 0 amide bonds. The summed E-state index contributed by atoms with van der Waals surface area (Å²) in [5, 5.41) is 1.16. The molecule has 0 saturated carbocycles. The first-order valence-corrected chi connectivity index (χ1v) is 7.13. The molecule has 0 spiro atoms. The van der Waals surface area contributed by atoms with E-state index in [0.717, 1.165) is 22.3 Å². The standard InChI is InChI=1S/C20H18O/c1-15-8-7-10-17(14-15)9-3-4-11-18-16(2)21-20-13-6-5-12-19(18)20/h3-14H,1-2H3/b9-3+,11-4-. The minimum Gasteiger partial charge on any atom is -0.461 e. The van der Waals surface area contributed by atoms with Gasteiger partial charge in [0.1, 0.15) is 11.3 Å². The van der Waals surface area contributed by atoms with Gasteiger partial charge in [0.05, 0.1) is 0 Å². The molecule has 21 heavy (non-hydrogen) atoms. The second kappa shape index (κ2) is 5.84. The lowest BCUT2D eigenvalue weighted by Crippen LogP contribution is -1.74. The molecular weight excluding hydrogens is 256 g/mol. The molecule has 0 atom stereocenters. The van der Waals surface area contributed by atoms with E-state index in [1.165, 1.54) is 11.1 Å². The highest BCUT2D eigenvalue weighted by Gasteiger charge is 2.06. The predicted molar refractivity (Wildman–Crippen MR) is 90.2 cm³/mol. The lowest BCUT2D eigenvalue weighted by atomic mass is 10.1. The maximum atomic E-state index is 5.75. The van der Waals surface area contributed by atoms with Gasteiger partial charge in [-0.3, -0.25) is 0 Å². The number of para-hydroxylation sites is 1. The van der Waals surface area contributed by atoms with Crippen molar-refractivity contribution in [3.8, 4) is 0 Å². The Kier molecular flexibility index (Phi) is 3.74. The predicted octanol–water partition coefficient (Wildman–Crippen LogP) is 5.78. The monoisotopic (exact) mass is 274 g/mol. The normalized spacial score (nSPS) is 11.9. The Hall–Kier alpha value is -2.54. The largest absolute Gasteiger partial charge is 0.461 e. The Bertz CT molecular complexity index is 819. The van der Waals surface area contributed by atoms with E-state index in [1.807, 2.05) is 25.1 Å². The Labute approximate surface area is 125 Å². The zero-order valence-corrected chi connectivity index (χ0v) is 12.3. The second-order valence-corrected chi connectivity index (χ2v) is 5.20. The average Bonchev–Trinajstić information content (AvgIpc) is 2.79. The molecule has 1 nitrogen and oxygen atoms in total. The molecule has 0 aliphatic rings. The van der Waals surface area contributed by atoms with E-state index in [0.29, 0.717) is 0 Å². The Morgan fingerprint density at radius 3 is 2.52 bits per heavy atom. The molecule has 3 aromatic rings. The highest BCUT2D eigenvalue weighted by molar-refractivity contribution is 5.88. The van der Waals surface area contributed by atoms with Crippen molar-refractivity contribution in [1.29, 1.82) is 0 Å². The summed E-state index contributed by atoms with van der Waals surface area (Å²) in [6.07, 6.45) is 8.34. The smallest absolute Gasteiger partial charge is 0.134 e. The van der Waals surface area contributed by atoms with E-state index < -0.39 is 0 Å². The van der Waals surface area contributed by atoms with Crippen LogP contribution in [0.1, 0.15) is 22.5 Å². The van der Waals surface area contributed by atoms with Crippen molar-refractivity contribution in [3.63, 3.8) is 0 Å². The van der Waals surface area contributed by atoms with Gasteiger partial charge >= 0.3 is 0 Å². The van der Waals surface area contributed by atoms with Crippen LogP contribution in [-0.2, 0) is 0 Å².